The van der Waals surface area contributed by atoms with Crippen molar-refractivity contribution in [1.29, 1.82) is 0 Å². The van der Waals surface area contributed by atoms with Crippen molar-refractivity contribution in [3.05, 3.63) is 0 Å². The van der Waals surface area contributed by atoms with Gasteiger partial charge >= 0.3 is 0 Å². The summed E-state index contributed by atoms with van der Waals surface area (Å²) in [5.74, 6) is 0. The Hall–Kier alpha value is -0.280. The van der Waals surface area contributed by atoms with E-state index in [0.29, 0.717) is 0 Å². The van der Waals surface area contributed by atoms with Crippen LogP contribution in [-0.4, -0.2) is 76.1 Å². The molecule has 0 radical (unpaired) electrons. The number of aliphatic hydroxyl groups excluding tert-OH is 5. The van der Waals surface area contributed by atoms with Crippen LogP contribution >= 0.6 is 0 Å². The molecular weight excluding hydrogens is 232 g/mol. The van der Waals surface area contributed by atoms with E-state index in [2.05, 4.69) is 0 Å². The normalized spacial score (nSPS) is 37.6. The second kappa shape index (κ2) is 7.93. The summed E-state index contributed by atoms with van der Waals surface area (Å²) in [6, 6.07) is 0. The number of hydrogen-bond donors (Lipinski definition) is 5. The molecule has 0 aromatic heterocycles. The van der Waals surface area contributed by atoms with Gasteiger partial charge in [-0.3, -0.25) is 0 Å². The highest BCUT2D eigenvalue weighted by Gasteiger charge is 2.43. The predicted molar refractivity (Wildman–Crippen MR) is 58.1 cm³/mol. The first-order valence-electron chi connectivity index (χ1n) is 5.36. The van der Waals surface area contributed by atoms with Crippen molar-refractivity contribution in [1.82, 2.24) is 0 Å². The fourth-order valence-electron chi connectivity index (χ4n) is 1.26. The molecule has 0 spiro atoms. The van der Waals surface area contributed by atoms with Gasteiger partial charge in [-0.2, -0.15) is 0 Å². The van der Waals surface area contributed by atoms with Crippen molar-refractivity contribution in [2.24, 2.45) is 0 Å². The van der Waals surface area contributed by atoms with E-state index in [1.54, 1.807) is 13.8 Å². The van der Waals surface area contributed by atoms with Crippen LogP contribution in [0.25, 0.3) is 0 Å². The highest BCUT2D eigenvalue weighted by Crippen LogP contribution is 2.20. The van der Waals surface area contributed by atoms with Crippen LogP contribution in [-0.2, 0) is 9.47 Å². The Morgan fingerprint density at radius 2 is 1.59 bits per heavy atom. The molecule has 1 aliphatic rings. The minimum absolute atomic E-state index is 0.167. The van der Waals surface area contributed by atoms with E-state index < -0.39 is 37.3 Å². The Balaban J connectivity index is 0.000000557. The SMILES string of the molecule is CC(C)O.CO[C@@H]1OC(CO)[C@@H](O)[C@H](O)[C@H]1O. The molecule has 0 aromatic carbocycles. The predicted octanol–water partition coefficient (Wildman–Crippen LogP) is -2.18. The third kappa shape index (κ3) is 5.26. The highest BCUT2D eigenvalue weighted by atomic mass is 16.7. The van der Waals surface area contributed by atoms with Crippen LogP contribution in [0.2, 0.25) is 0 Å². The van der Waals surface area contributed by atoms with E-state index in [1.165, 1.54) is 7.11 Å². The number of hydrogen-bond acceptors (Lipinski definition) is 7. The molecule has 1 fully saturated rings. The van der Waals surface area contributed by atoms with Gasteiger partial charge in [0.1, 0.15) is 24.4 Å². The summed E-state index contributed by atoms with van der Waals surface area (Å²) < 4.78 is 9.65. The van der Waals surface area contributed by atoms with E-state index >= 15 is 0 Å². The zero-order valence-corrected chi connectivity index (χ0v) is 10.2. The molecule has 0 aliphatic carbocycles. The fraction of sp³-hybridized carbons (Fsp3) is 1.00. The maximum absolute atomic E-state index is 9.28. The molecule has 7 heteroatoms. The molecule has 1 saturated heterocycles. The monoisotopic (exact) mass is 254 g/mol. The highest BCUT2D eigenvalue weighted by molar-refractivity contribution is 4.88. The van der Waals surface area contributed by atoms with E-state index in [-0.39, 0.29) is 6.10 Å². The van der Waals surface area contributed by atoms with Gasteiger partial charge in [0, 0.05) is 13.2 Å². The summed E-state index contributed by atoms with van der Waals surface area (Å²) in [6.45, 7) is 3.00. The van der Waals surface area contributed by atoms with Crippen molar-refractivity contribution in [2.45, 2.75) is 50.7 Å². The summed E-state index contributed by atoms with van der Waals surface area (Å²) >= 11 is 0. The van der Waals surface area contributed by atoms with Gasteiger partial charge in [-0.25, -0.2) is 0 Å². The topological polar surface area (TPSA) is 120 Å². The van der Waals surface area contributed by atoms with Crippen molar-refractivity contribution < 1.29 is 35.0 Å². The van der Waals surface area contributed by atoms with Crippen molar-refractivity contribution >= 4 is 0 Å². The van der Waals surface area contributed by atoms with Crippen LogP contribution < -0.4 is 0 Å². The summed E-state index contributed by atoms with van der Waals surface area (Å²) in [7, 11) is 1.30. The number of methoxy groups -OCH3 is 1. The molecule has 1 rings (SSSR count). The Morgan fingerprint density at radius 1 is 1.12 bits per heavy atom. The maximum atomic E-state index is 9.28. The molecule has 104 valence electrons. The van der Waals surface area contributed by atoms with Gasteiger partial charge in [-0.1, -0.05) is 0 Å². The summed E-state index contributed by atoms with van der Waals surface area (Å²) in [5.41, 5.74) is 0. The Bertz CT molecular complexity index is 176. The minimum atomic E-state index is -1.36. The van der Waals surface area contributed by atoms with Crippen molar-refractivity contribution in [2.75, 3.05) is 13.7 Å². The lowest BCUT2D eigenvalue weighted by Crippen LogP contribution is -2.58. The lowest BCUT2D eigenvalue weighted by Gasteiger charge is -2.38. The standard InChI is InChI=1S/C7H14O6.C3H8O/c1-12-7-6(11)5(10)4(9)3(2-8)13-7;1-3(2)4/h3-11H,2H2,1H3;3-4H,1-2H3/t3?,4-,5+,6-,7-;/m1./s1. The van der Waals surface area contributed by atoms with Crippen LogP contribution in [0.1, 0.15) is 13.8 Å². The number of rotatable bonds is 2. The molecule has 17 heavy (non-hydrogen) atoms. The summed E-state index contributed by atoms with van der Waals surface area (Å²) in [6.07, 6.45) is -6.08. The lowest BCUT2D eigenvalue weighted by atomic mass is 9.99. The first-order chi connectivity index (χ1) is 7.84. The van der Waals surface area contributed by atoms with Gasteiger partial charge < -0.3 is 35.0 Å². The van der Waals surface area contributed by atoms with Crippen molar-refractivity contribution in [3.63, 3.8) is 0 Å². The average Bonchev–Trinajstić information content (AvgIpc) is 2.26. The number of aliphatic hydroxyl groups is 5. The Kier molecular flexibility index (Phi) is 7.80. The van der Waals surface area contributed by atoms with E-state index in [0.717, 1.165) is 0 Å². The minimum Gasteiger partial charge on any atom is -0.394 e. The zero-order chi connectivity index (χ0) is 13.6. The van der Waals surface area contributed by atoms with Gasteiger partial charge in [-0.05, 0) is 13.8 Å². The maximum Gasteiger partial charge on any atom is 0.186 e. The molecule has 5 N–H and O–H groups in total. The van der Waals surface area contributed by atoms with E-state index in [1.807, 2.05) is 0 Å². The quantitative estimate of drug-likeness (QED) is 0.380. The van der Waals surface area contributed by atoms with E-state index in [4.69, 9.17) is 19.7 Å². The lowest BCUT2D eigenvalue weighted by molar-refractivity contribution is -0.294. The summed E-state index contributed by atoms with van der Waals surface area (Å²) in [5, 5.41) is 44.6. The van der Waals surface area contributed by atoms with Crippen molar-refractivity contribution in [3.8, 4) is 0 Å². The molecule has 0 saturated carbocycles. The first kappa shape index (κ1) is 16.7. The summed E-state index contributed by atoms with van der Waals surface area (Å²) in [4.78, 5) is 0. The van der Waals surface area contributed by atoms with Crippen LogP contribution in [0.4, 0.5) is 0 Å². The van der Waals surface area contributed by atoms with Crippen LogP contribution in [0.5, 0.6) is 0 Å². The molecule has 1 unspecified atom stereocenters. The third-order valence-electron chi connectivity index (χ3n) is 2.08. The van der Waals surface area contributed by atoms with Gasteiger partial charge in [-0.15, -0.1) is 0 Å². The average molecular weight is 254 g/mol. The van der Waals surface area contributed by atoms with Gasteiger partial charge in [0.05, 0.1) is 6.61 Å². The second-order valence-electron chi connectivity index (χ2n) is 4.03. The van der Waals surface area contributed by atoms with E-state index in [9.17, 15) is 15.3 Å². The van der Waals surface area contributed by atoms with Crippen LogP contribution in [0.3, 0.4) is 0 Å². The smallest absolute Gasteiger partial charge is 0.186 e. The molecule has 7 nitrogen and oxygen atoms in total. The molecule has 0 aromatic rings. The first-order valence-corrected chi connectivity index (χ1v) is 5.36. The Labute approximate surface area is 100 Å². The molecule has 1 aliphatic heterocycles. The molecule has 1 heterocycles. The zero-order valence-electron chi connectivity index (χ0n) is 10.2. The molecule has 0 amide bonds. The second-order valence-corrected chi connectivity index (χ2v) is 4.03. The molecule has 0 bridgehead atoms. The molecule has 5 atom stereocenters. The van der Waals surface area contributed by atoms with Gasteiger partial charge in [0.2, 0.25) is 0 Å². The van der Waals surface area contributed by atoms with Gasteiger partial charge in [0.15, 0.2) is 6.29 Å². The Morgan fingerprint density at radius 3 is 1.94 bits per heavy atom. The third-order valence-corrected chi connectivity index (χ3v) is 2.08. The molecular formula is C10H22O7. The largest absolute Gasteiger partial charge is 0.394 e. The fourth-order valence-corrected chi connectivity index (χ4v) is 1.26. The van der Waals surface area contributed by atoms with Crippen LogP contribution in [0, 0.1) is 0 Å². The number of ether oxygens (including phenoxy) is 2. The van der Waals surface area contributed by atoms with Crippen LogP contribution in [0.15, 0.2) is 0 Å². The van der Waals surface area contributed by atoms with Gasteiger partial charge in [0.25, 0.3) is 0 Å².